The standard InChI is InChI=1S/C8H18N/c1-4-6-7-8-9(3)5-2/h5H,4,6-8H2,1-3H3/q+1. The van der Waals surface area contributed by atoms with Gasteiger partial charge in [0.1, 0.15) is 19.8 Å². The Morgan fingerprint density at radius 1 is 1.33 bits per heavy atom. The average Bonchev–Trinajstić information content (AvgIpc) is 1.89. The summed E-state index contributed by atoms with van der Waals surface area (Å²) in [4.78, 5) is 0. The fourth-order valence-electron chi connectivity index (χ4n) is 0.740. The van der Waals surface area contributed by atoms with E-state index in [-0.39, 0.29) is 0 Å². The van der Waals surface area contributed by atoms with Crippen molar-refractivity contribution in [2.24, 2.45) is 0 Å². The minimum atomic E-state index is 1.21. The van der Waals surface area contributed by atoms with E-state index in [1.807, 2.05) is 0 Å². The highest BCUT2D eigenvalue weighted by Crippen LogP contribution is 1.92. The van der Waals surface area contributed by atoms with E-state index in [2.05, 4.69) is 31.7 Å². The van der Waals surface area contributed by atoms with Crippen molar-refractivity contribution in [1.82, 2.24) is 0 Å². The zero-order valence-corrected chi connectivity index (χ0v) is 6.85. The van der Waals surface area contributed by atoms with Gasteiger partial charge in [-0.1, -0.05) is 13.3 Å². The van der Waals surface area contributed by atoms with Crippen LogP contribution < -0.4 is 0 Å². The van der Waals surface area contributed by atoms with Crippen LogP contribution in [0.3, 0.4) is 0 Å². The molecule has 0 fully saturated rings. The van der Waals surface area contributed by atoms with E-state index in [9.17, 15) is 0 Å². The lowest BCUT2D eigenvalue weighted by Gasteiger charge is -1.93. The normalized spacial score (nSPS) is 12.1. The lowest BCUT2D eigenvalue weighted by molar-refractivity contribution is -0.493. The highest BCUT2D eigenvalue weighted by molar-refractivity contribution is 5.46. The van der Waals surface area contributed by atoms with E-state index in [1.54, 1.807) is 0 Å². The molecule has 0 heterocycles. The van der Waals surface area contributed by atoms with Crippen molar-refractivity contribution in [3.05, 3.63) is 0 Å². The second kappa shape index (κ2) is 5.80. The Kier molecular flexibility index (Phi) is 5.59. The molecule has 0 N–H and O–H groups in total. The van der Waals surface area contributed by atoms with Gasteiger partial charge < -0.3 is 0 Å². The monoisotopic (exact) mass is 128 g/mol. The van der Waals surface area contributed by atoms with Crippen molar-refractivity contribution in [2.45, 2.75) is 33.1 Å². The summed E-state index contributed by atoms with van der Waals surface area (Å²) in [7, 11) is 2.12. The largest absolute Gasteiger partial charge is 0.242 e. The van der Waals surface area contributed by atoms with Crippen LogP contribution in [0.15, 0.2) is 0 Å². The summed E-state index contributed by atoms with van der Waals surface area (Å²) in [5, 5.41) is 0. The van der Waals surface area contributed by atoms with Crippen LogP contribution in [0, 0.1) is 0 Å². The predicted octanol–water partition coefficient (Wildman–Crippen LogP) is 1.91. The van der Waals surface area contributed by atoms with Crippen molar-refractivity contribution in [3.63, 3.8) is 0 Å². The fourth-order valence-corrected chi connectivity index (χ4v) is 0.740. The molecule has 0 aromatic carbocycles. The molecule has 0 unspecified atom stereocenters. The molecule has 0 radical (unpaired) electrons. The first kappa shape index (κ1) is 8.67. The van der Waals surface area contributed by atoms with Gasteiger partial charge in [0.25, 0.3) is 0 Å². The molecule has 0 bridgehead atoms. The molecule has 9 heavy (non-hydrogen) atoms. The van der Waals surface area contributed by atoms with Gasteiger partial charge in [-0.2, -0.15) is 0 Å². The van der Waals surface area contributed by atoms with E-state index >= 15 is 0 Å². The molecule has 0 aromatic heterocycles. The second-order valence-corrected chi connectivity index (χ2v) is 2.45. The van der Waals surface area contributed by atoms with Crippen LogP contribution >= 0.6 is 0 Å². The first-order valence-electron chi connectivity index (χ1n) is 3.81. The topological polar surface area (TPSA) is 3.01 Å². The lowest BCUT2D eigenvalue weighted by atomic mass is 10.2. The molecular weight excluding hydrogens is 110 g/mol. The fraction of sp³-hybridized carbons (Fsp3) is 0.875. The van der Waals surface area contributed by atoms with E-state index in [1.165, 1.54) is 25.8 Å². The third-order valence-electron chi connectivity index (χ3n) is 1.56. The maximum atomic E-state index is 2.23. The van der Waals surface area contributed by atoms with Crippen molar-refractivity contribution in [2.75, 3.05) is 13.6 Å². The summed E-state index contributed by atoms with van der Waals surface area (Å²) in [6.07, 6.45) is 6.13. The summed E-state index contributed by atoms with van der Waals surface area (Å²) >= 11 is 0. The Morgan fingerprint density at radius 3 is 2.44 bits per heavy atom. The van der Waals surface area contributed by atoms with Crippen molar-refractivity contribution < 1.29 is 4.58 Å². The van der Waals surface area contributed by atoms with Crippen LogP contribution in [0.5, 0.6) is 0 Å². The van der Waals surface area contributed by atoms with Crippen molar-refractivity contribution in [3.8, 4) is 0 Å². The molecular formula is C8H18N+. The number of rotatable bonds is 4. The molecule has 0 amide bonds. The summed E-state index contributed by atoms with van der Waals surface area (Å²) in [5.41, 5.74) is 0. The zero-order valence-electron chi connectivity index (χ0n) is 6.85. The van der Waals surface area contributed by atoms with Gasteiger partial charge in [-0.25, -0.2) is 4.58 Å². The van der Waals surface area contributed by atoms with E-state index in [0.717, 1.165) is 0 Å². The minimum absolute atomic E-state index is 1.21. The number of unbranched alkanes of at least 4 members (excludes halogenated alkanes) is 2. The number of hydrogen-bond donors (Lipinski definition) is 0. The van der Waals surface area contributed by atoms with Gasteiger partial charge in [0.05, 0.1) is 0 Å². The Balaban J connectivity index is 3.07. The van der Waals surface area contributed by atoms with Crippen molar-refractivity contribution in [1.29, 1.82) is 0 Å². The highest BCUT2D eigenvalue weighted by atomic mass is 14.9. The van der Waals surface area contributed by atoms with Crippen LogP contribution in [-0.4, -0.2) is 24.4 Å². The van der Waals surface area contributed by atoms with Crippen LogP contribution in [0.4, 0.5) is 0 Å². The van der Waals surface area contributed by atoms with Gasteiger partial charge in [-0.3, -0.25) is 0 Å². The first-order chi connectivity index (χ1) is 4.31. The lowest BCUT2D eigenvalue weighted by Crippen LogP contribution is -2.06. The summed E-state index contributed by atoms with van der Waals surface area (Å²) in [5.74, 6) is 0. The molecule has 0 atom stereocenters. The molecule has 0 saturated carbocycles. The first-order valence-corrected chi connectivity index (χ1v) is 3.81. The molecule has 1 heteroatoms. The van der Waals surface area contributed by atoms with E-state index in [0.29, 0.717) is 0 Å². The Labute approximate surface area is 58.4 Å². The number of hydrogen-bond acceptors (Lipinski definition) is 0. The van der Waals surface area contributed by atoms with Gasteiger partial charge in [-0.15, -0.1) is 0 Å². The van der Waals surface area contributed by atoms with E-state index < -0.39 is 0 Å². The van der Waals surface area contributed by atoms with E-state index in [4.69, 9.17) is 0 Å². The Bertz CT molecular complexity index is 84.6. The molecule has 0 aliphatic heterocycles. The maximum absolute atomic E-state index is 2.23. The minimum Gasteiger partial charge on any atom is -0.242 e. The molecule has 54 valence electrons. The molecule has 0 aliphatic rings. The summed E-state index contributed by atoms with van der Waals surface area (Å²) in [6, 6.07) is 0. The number of nitrogens with zero attached hydrogens (tertiary/aromatic N) is 1. The zero-order chi connectivity index (χ0) is 7.11. The van der Waals surface area contributed by atoms with Crippen molar-refractivity contribution >= 4 is 6.21 Å². The second-order valence-electron chi connectivity index (χ2n) is 2.45. The maximum Gasteiger partial charge on any atom is 0.142 e. The average molecular weight is 128 g/mol. The van der Waals surface area contributed by atoms with Crippen LogP contribution in [0.2, 0.25) is 0 Å². The smallest absolute Gasteiger partial charge is 0.142 e. The molecule has 0 rings (SSSR count). The van der Waals surface area contributed by atoms with Gasteiger partial charge in [0, 0.05) is 13.3 Å². The summed E-state index contributed by atoms with van der Waals surface area (Å²) < 4.78 is 2.23. The molecule has 1 nitrogen and oxygen atoms in total. The Hall–Kier alpha value is -0.330. The Morgan fingerprint density at radius 2 is 2.00 bits per heavy atom. The van der Waals surface area contributed by atoms with Gasteiger partial charge in [-0.05, 0) is 6.42 Å². The quantitative estimate of drug-likeness (QED) is 0.309. The SMILES string of the molecule is CC=[N+](C)CCCCC. The third-order valence-corrected chi connectivity index (χ3v) is 1.56. The predicted molar refractivity (Wildman–Crippen MR) is 42.3 cm³/mol. The highest BCUT2D eigenvalue weighted by Gasteiger charge is 1.91. The summed E-state index contributed by atoms with van der Waals surface area (Å²) in [6.45, 7) is 5.52. The molecule has 0 aromatic rings. The molecule has 0 spiro atoms. The molecule has 0 aliphatic carbocycles. The third kappa shape index (κ3) is 5.54. The van der Waals surface area contributed by atoms with Gasteiger partial charge in [0.15, 0.2) is 0 Å². The van der Waals surface area contributed by atoms with Gasteiger partial charge >= 0.3 is 0 Å². The van der Waals surface area contributed by atoms with Crippen LogP contribution in [-0.2, 0) is 0 Å². The van der Waals surface area contributed by atoms with Crippen LogP contribution in [0.1, 0.15) is 33.1 Å². The van der Waals surface area contributed by atoms with Crippen LogP contribution in [0.25, 0.3) is 0 Å². The van der Waals surface area contributed by atoms with Gasteiger partial charge in [0.2, 0.25) is 0 Å². The molecule has 0 saturated heterocycles.